The molecular weight excluding hydrogens is 436 g/mol. The van der Waals surface area contributed by atoms with Gasteiger partial charge in [0.1, 0.15) is 17.4 Å². The predicted molar refractivity (Wildman–Crippen MR) is 117 cm³/mol. The van der Waals surface area contributed by atoms with Crippen LogP contribution in [0.15, 0.2) is 53.5 Å². The number of aromatic hydroxyl groups is 1. The second kappa shape index (κ2) is 9.51. The van der Waals surface area contributed by atoms with E-state index in [0.29, 0.717) is 11.1 Å². The van der Waals surface area contributed by atoms with Gasteiger partial charge in [-0.1, -0.05) is 18.2 Å². The second-order valence-corrected chi connectivity index (χ2v) is 7.45. The van der Waals surface area contributed by atoms with Gasteiger partial charge < -0.3 is 25.4 Å². The lowest BCUT2D eigenvalue weighted by Crippen LogP contribution is -2.36. The number of urea groups is 1. The number of amides is 2. The Morgan fingerprint density at radius 3 is 2.58 bits per heavy atom. The molecule has 2 aromatic carbocycles. The highest BCUT2D eigenvalue weighted by molar-refractivity contribution is 5.91. The van der Waals surface area contributed by atoms with Crippen LogP contribution in [0.4, 0.5) is 19.3 Å². The van der Waals surface area contributed by atoms with Gasteiger partial charge in [-0.05, 0) is 42.3 Å². The summed E-state index contributed by atoms with van der Waals surface area (Å²) in [5, 5.41) is 24.2. The quantitative estimate of drug-likeness (QED) is 0.450. The first kappa shape index (κ1) is 23.5. The number of carbonyl (C=O) groups excluding carboxylic acids is 1. The summed E-state index contributed by atoms with van der Waals surface area (Å²) in [6, 6.07) is 6.97. The van der Waals surface area contributed by atoms with E-state index in [4.69, 9.17) is 0 Å². The Morgan fingerprint density at radius 2 is 1.88 bits per heavy atom. The minimum absolute atomic E-state index is 0.0245. The molecule has 0 radical (unpaired) electrons. The van der Waals surface area contributed by atoms with E-state index in [2.05, 4.69) is 10.6 Å². The molecule has 172 valence electrons. The number of anilines is 1. The molecule has 4 N–H and O–H groups in total. The average Bonchev–Trinajstić information content (AvgIpc) is 2.76. The normalized spacial score (nSPS) is 11.6. The van der Waals surface area contributed by atoms with Crippen LogP contribution in [-0.2, 0) is 11.8 Å². The Balaban J connectivity index is 1.91. The van der Waals surface area contributed by atoms with Crippen LogP contribution in [-0.4, -0.2) is 26.8 Å². The first-order valence-corrected chi connectivity index (χ1v) is 9.80. The van der Waals surface area contributed by atoms with Crippen LogP contribution in [0.3, 0.4) is 0 Å². The topological polar surface area (TPSA) is 121 Å². The van der Waals surface area contributed by atoms with Crippen LogP contribution in [0, 0.1) is 18.6 Å². The molecule has 0 aliphatic rings. The lowest BCUT2D eigenvalue weighted by molar-refractivity contribution is -0.137. The SMILES string of the molecule is Cc1cn(C)c(=O)c(NC(=O)NC(CC(=O)O)c2cccc(-c3cc(F)ccc3F)c2)c1O. The summed E-state index contributed by atoms with van der Waals surface area (Å²) in [5.74, 6) is -2.95. The van der Waals surface area contributed by atoms with E-state index in [0.717, 1.165) is 18.2 Å². The Bertz CT molecular complexity index is 1290. The number of carboxylic acids is 1. The molecule has 0 aliphatic carbocycles. The molecule has 3 rings (SSSR count). The Morgan fingerprint density at radius 1 is 1.15 bits per heavy atom. The number of aryl methyl sites for hydroxylation is 2. The third-order valence-electron chi connectivity index (χ3n) is 4.98. The minimum atomic E-state index is -1.23. The molecule has 0 bridgehead atoms. The zero-order valence-electron chi connectivity index (χ0n) is 17.7. The summed E-state index contributed by atoms with van der Waals surface area (Å²) in [6.45, 7) is 1.54. The number of aromatic nitrogens is 1. The molecule has 8 nitrogen and oxygen atoms in total. The van der Waals surface area contributed by atoms with Gasteiger partial charge >= 0.3 is 12.0 Å². The molecule has 0 saturated heterocycles. The van der Waals surface area contributed by atoms with Crippen molar-refractivity contribution in [1.29, 1.82) is 0 Å². The molecule has 1 heterocycles. The molecule has 0 saturated carbocycles. The molecule has 10 heteroatoms. The zero-order valence-corrected chi connectivity index (χ0v) is 17.7. The van der Waals surface area contributed by atoms with Gasteiger partial charge in [-0.15, -0.1) is 0 Å². The monoisotopic (exact) mass is 457 g/mol. The van der Waals surface area contributed by atoms with Crippen molar-refractivity contribution < 1.29 is 28.6 Å². The van der Waals surface area contributed by atoms with Gasteiger partial charge in [0.2, 0.25) is 0 Å². The predicted octanol–water partition coefficient (Wildman–Crippen LogP) is 3.68. The van der Waals surface area contributed by atoms with Crippen LogP contribution in [0.25, 0.3) is 11.1 Å². The minimum Gasteiger partial charge on any atom is -0.505 e. The summed E-state index contributed by atoms with van der Waals surface area (Å²) in [4.78, 5) is 36.2. The number of nitrogens with zero attached hydrogens (tertiary/aromatic N) is 1. The van der Waals surface area contributed by atoms with Gasteiger partial charge in [-0.2, -0.15) is 0 Å². The van der Waals surface area contributed by atoms with Crippen molar-refractivity contribution in [1.82, 2.24) is 9.88 Å². The second-order valence-electron chi connectivity index (χ2n) is 7.45. The number of halogens is 2. The van der Waals surface area contributed by atoms with E-state index in [9.17, 15) is 33.4 Å². The highest BCUT2D eigenvalue weighted by atomic mass is 19.1. The summed E-state index contributed by atoms with van der Waals surface area (Å²) in [5.41, 5.74) is -0.100. The van der Waals surface area contributed by atoms with Crippen molar-refractivity contribution in [3.63, 3.8) is 0 Å². The van der Waals surface area contributed by atoms with Crippen molar-refractivity contribution in [2.24, 2.45) is 7.05 Å². The van der Waals surface area contributed by atoms with Gasteiger partial charge in [-0.3, -0.25) is 9.59 Å². The molecular formula is C23H21F2N3O5. The maximum atomic E-state index is 14.2. The van der Waals surface area contributed by atoms with E-state index in [-0.39, 0.29) is 16.8 Å². The number of benzene rings is 2. The number of nitrogens with one attached hydrogen (secondary N) is 2. The van der Waals surface area contributed by atoms with Crippen molar-refractivity contribution in [2.45, 2.75) is 19.4 Å². The highest BCUT2D eigenvalue weighted by Gasteiger charge is 2.21. The third kappa shape index (κ3) is 5.35. The van der Waals surface area contributed by atoms with E-state index in [1.165, 1.54) is 42.1 Å². The van der Waals surface area contributed by atoms with Crippen LogP contribution in [0.2, 0.25) is 0 Å². The molecule has 33 heavy (non-hydrogen) atoms. The summed E-state index contributed by atoms with van der Waals surface area (Å²) < 4.78 is 29.0. The summed E-state index contributed by atoms with van der Waals surface area (Å²) >= 11 is 0. The Labute approximate surface area is 187 Å². The number of aliphatic carboxylic acids is 1. The lowest BCUT2D eigenvalue weighted by atomic mass is 9.97. The fourth-order valence-electron chi connectivity index (χ4n) is 3.37. The largest absolute Gasteiger partial charge is 0.505 e. The molecule has 0 fully saturated rings. The number of carbonyl (C=O) groups is 2. The van der Waals surface area contributed by atoms with E-state index in [1.54, 1.807) is 6.92 Å². The molecule has 1 atom stereocenters. The average molecular weight is 457 g/mol. The van der Waals surface area contributed by atoms with E-state index in [1.807, 2.05) is 0 Å². The molecule has 0 spiro atoms. The molecule has 1 unspecified atom stereocenters. The van der Waals surface area contributed by atoms with Crippen LogP contribution >= 0.6 is 0 Å². The van der Waals surface area contributed by atoms with Crippen LogP contribution < -0.4 is 16.2 Å². The van der Waals surface area contributed by atoms with Crippen molar-refractivity contribution in [3.05, 3.63) is 81.8 Å². The first-order chi connectivity index (χ1) is 15.6. The summed E-state index contributed by atoms with van der Waals surface area (Å²) in [7, 11) is 1.45. The lowest BCUT2D eigenvalue weighted by Gasteiger charge is -2.19. The fraction of sp³-hybridized carbons (Fsp3) is 0.174. The number of pyridine rings is 1. The van der Waals surface area contributed by atoms with E-state index >= 15 is 0 Å². The smallest absolute Gasteiger partial charge is 0.319 e. The van der Waals surface area contributed by atoms with Crippen molar-refractivity contribution in [3.8, 4) is 16.9 Å². The molecule has 2 amide bonds. The number of hydrogen-bond donors (Lipinski definition) is 4. The van der Waals surface area contributed by atoms with Crippen LogP contribution in [0.5, 0.6) is 5.75 Å². The number of hydrogen-bond acceptors (Lipinski definition) is 4. The molecule has 1 aromatic heterocycles. The van der Waals surface area contributed by atoms with Gasteiger partial charge in [-0.25, -0.2) is 13.6 Å². The van der Waals surface area contributed by atoms with Crippen molar-refractivity contribution in [2.75, 3.05) is 5.32 Å². The molecule has 0 aliphatic heterocycles. The van der Waals surface area contributed by atoms with E-state index < -0.39 is 47.4 Å². The Kier molecular flexibility index (Phi) is 6.76. The highest BCUT2D eigenvalue weighted by Crippen LogP contribution is 2.28. The first-order valence-electron chi connectivity index (χ1n) is 9.80. The Hall–Kier alpha value is -4.21. The van der Waals surface area contributed by atoms with Crippen molar-refractivity contribution >= 4 is 17.7 Å². The summed E-state index contributed by atoms with van der Waals surface area (Å²) in [6.07, 6.45) is 0.866. The number of carboxylic acid groups (broad SMARTS) is 1. The standard InChI is InChI=1S/C23H21F2N3O5/c1-12-11-28(2)22(32)20(21(12)31)27-23(33)26-18(10-19(29)30)14-5-3-4-13(8-14)16-9-15(24)6-7-17(16)25/h3-9,11,18,31H,10H2,1-2H3,(H,29,30)(H2,26,27,33). The van der Waals surface area contributed by atoms with Gasteiger partial charge in [0.15, 0.2) is 5.69 Å². The maximum absolute atomic E-state index is 14.2. The number of rotatable bonds is 6. The maximum Gasteiger partial charge on any atom is 0.319 e. The van der Waals surface area contributed by atoms with Gasteiger partial charge in [0, 0.05) is 24.4 Å². The zero-order chi connectivity index (χ0) is 24.3. The third-order valence-corrected chi connectivity index (χ3v) is 4.98. The van der Waals surface area contributed by atoms with Gasteiger partial charge in [0.25, 0.3) is 5.56 Å². The van der Waals surface area contributed by atoms with Crippen LogP contribution in [0.1, 0.15) is 23.6 Å². The molecule has 3 aromatic rings. The van der Waals surface area contributed by atoms with Gasteiger partial charge in [0.05, 0.1) is 12.5 Å². The fourth-order valence-corrected chi connectivity index (χ4v) is 3.37.